The Morgan fingerprint density at radius 3 is 1.32 bits per heavy atom. The highest BCUT2D eigenvalue weighted by Crippen LogP contribution is 2.23. The number of carbonyl (C=O) groups excluding carboxylic acids is 1. The Bertz CT molecular complexity index is 935. The summed E-state index contributed by atoms with van der Waals surface area (Å²) in [4.78, 5) is 12.6. The number of unbranched alkanes of at least 4 members (excludes halogenated alkanes) is 33. The predicted octanol–water partition coefficient (Wildman–Crippen LogP) is 11.3. The number of hydrogen-bond acceptors (Lipinski definition) is 8. The maximum atomic E-state index is 12.6. The number of hydrogen-bond donors (Lipinski definition) is 6. The molecule has 1 saturated heterocycles. The van der Waals surface area contributed by atoms with Gasteiger partial charge in [-0.2, -0.15) is 0 Å². The van der Waals surface area contributed by atoms with Crippen molar-refractivity contribution < 1.29 is 39.8 Å². The van der Waals surface area contributed by atoms with E-state index in [4.69, 9.17) is 9.47 Å². The summed E-state index contributed by atoms with van der Waals surface area (Å²) >= 11 is 0. The molecular weight excluding hydrogens is 743 g/mol. The zero-order valence-electron chi connectivity index (χ0n) is 38.5. The molecule has 9 nitrogen and oxygen atoms in total. The summed E-state index contributed by atoms with van der Waals surface area (Å²) in [6.07, 6.45) is 42.6. The van der Waals surface area contributed by atoms with Gasteiger partial charge in [-0.1, -0.05) is 231 Å². The molecule has 1 fully saturated rings. The van der Waals surface area contributed by atoms with E-state index in [1.165, 1.54) is 186 Å². The second-order valence-electron chi connectivity index (χ2n) is 18.0. The van der Waals surface area contributed by atoms with Gasteiger partial charge in [-0.3, -0.25) is 4.79 Å². The fourth-order valence-electron chi connectivity index (χ4n) is 8.28. The number of amides is 1. The number of rotatable bonds is 43. The summed E-state index contributed by atoms with van der Waals surface area (Å²) < 4.78 is 11.1. The highest BCUT2D eigenvalue weighted by molar-refractivity contribution is 5.76. The Morgan fingerprint density at radius 1 is 0.559 bits per heavy atom. The molecule has 1 heterocycles. The molecule has 9 heteroatoms. The van der Waals surface area contributed by atoms with Crippen molar-refractivity contribution in [2.75, 3.05) is 13.2 Å². The van der Waals surface area contributed by atoms with E-state index in [1.54, 1.807) is 6.08 Å². The lowest BCUT2D eigenvalue weighted by atomic mass is 9.99. The van der Waals surface area contributed by atoms with Crippen molar-refractivity contribution in [1.82, 2.24) is 5.32 Å². The number of aliphatic hydroxyl groups is 5. The third-order valence-corrected chi connectivity index (χ3v) is 12.4. The standard InChI is InChI=1S/C50H97NO8/c1-3-5-7-8-9-10-11-12-13-14-15-16-17-18-19-20-21-22-23-24-25-26-27-28-29-30-31-32-33-34-35-36-38-39-44(53)43(51-46(54)40-37-6-4-2)42-58-50-49(57)48(56)47(55)45(41-52)59-50/h38-39,43-45,47-50,52-53,55-57H,3-37,40-42H2,1-2H3,(H,51,54)/b39-38+. The molecule has 0 bridgehead atoms. The number of nitrogens with one attached hydrogen (secondary N) is 1. The van der Waals surface area contributed by atoms with E-state index in [1.807, 2.05) is 6.08 Å². The first-order valence-corrected chi connectivity index (χ1v) is 25.4. The van der Waals surface area contributed by atoms with Crippen LogP contribution in [0.15, 0.2) is 12.2 Å². The fourth-order valence-corrected chi connectivity index (χ4v) is 8.28. The third kappa shape index (κ3) is 31.4. The molecule has 7 unspecified atom stereocenters. The van der Waals surface area contributed by atoms with Crippen LogP contribution < -0.4 is 5.32 Å². The first kappa shape index (κ1) is 55.9. The zero-order chi connectivity index (χ0) is 43.0. The number of aliphatic hydroxyl groups excluding tert-OH is 5. The minimum Gasteiger partial charge on any atom is -0.394 e. The van der Waals surface area contributed by atoms with Gasteiger partial charge >= 0.3 is 0 Å². The molecule has 0 saturated carbocycles. The van der Waals surface area contributed by atoms with Gasteiger partial charge in [0.25, 0.3) is 0 Å². The monoisotopic (exact) mass is 840 g/mol. The third-order valence-electron chi connectivity index (χ3n) is 12.4. The van der Waals surface area contributed by atoms with Crippen LogP contribution in [0.3, 0.4) is 0 Å². The largest absolute Gasteiger partial charge is 0.394 e. The van der Waals surface area contributed by atoms with Crippen molar-refractivity contribution in [2.45, 2.75) is 288 Å². The minimum absolute atomic E-state index is 0.187. The molecule has 1 aliphatic rings. The van der Waals surface area contributed by atoms with Crippen LogP contribution in [0.25, 0.3) is 0 Å². The molecule has 0 aliphatic carbocycles. The van der Waals surface area contributed by atoms with Gasteiger partial charge in [-0.25, -0.2) is 0 Å². The van der Waals surface area contributed by atoms with Crippen molar-refractivity contribution in [3.05, 3.63) is 12.2 Å². The second kappa shape index (κ2) is 41.0. The fraction of sp³-hybridized carbons (Fsp3) is 0.940. The molecule has 0 aromatic carbocycles. The van der Waals surface area contributed by atoms with Crippen LogP contribution >= 0.6 is 0 Å². The summed E-state index contributed by atoms with van der Waals surface area (Å²) in [5.41, 5.74) is 0. The highest BCUT2D eigenvalue weighted by atomic mass is 16.7. The summed E-state index contributed by atoms with van der Waals surface area (Å²) in [6, 6.07) is -0.795. The minimum atomic E-state index is -1.56. The van der Waals surface area contributed by atoms with Crippen molar-refractivity contribution in [2.24, 2.45) is 0 Å². The maximum Gasteiger partial charge on any atom is 0.220 e. The molecule has 0 aromatic rings. The van der Waals surface area contributed by atoms with Gasteiger partial charge in [0.05, 0.1) is 25.4 Å². The van der Waals surface area contributed by atoms with Crippen LogP contribution in [0.5, 0.6) is 0 Å². The average molecular weight is 840 g/mol. The van der Waals surface area contributed by atoms with Gasteiger partial charge in [0, 0.05) is 6.42 Å². The van der Waals surface area contributed by atoms with Crippen LogP contribution in [0.2, 0.25) is 0 Å². The molecule has 1 aliphatic heterocycles. The number of allylic oxidation sites excluding steroid dienone is 1. The van der Waals surface area contributed by atoms with E-state index >= 15 is 0 Å². The second-order valence-corrected chi connectivity index (χ2v) is 18.0. The van der Waals surface area contributed by atoms with Gasteiger partial charge in [-0.05, 0) is 19.3 Å². The van der Waals surface area contributed by atoms with E-state index < -0.39 is 49.5 Å². The van der Waals surface area contributed by atoms with E-state index in [2.05, 4.69) is 19.2 Å². The van der Waals surface area contributed by atoms with Crippen LogP contribution in [0.4, 0.5) is 0 Å². The number of carbonyl (C=O) groups is 1. The first-order chi connectivity index (χ1) is 28.8. The molecular formula is C50H97NO8. The van der Waals surface area contributed by atoms with Crippen LogP contribution in [-0.4, -0.2) is 87.5 Å². The van der Waals surface area contributed by atoms with Crippen molar-refractivity contribution in [3.63, 3.8) is 0 Å². The number of ether oxygens (including phenoxy) is 2. The van der Waals surface area contributed by atoms with Crippen molar-refractivity contribution in [1.29, 1.82) is 0 Å². The summed E-state index contributed by atoms with van der Waals surface area (Å²) in [5.74, 6) is -0.200. The highest BCUT2D eigenvalue weighted by Gasteiger charge is 2.44. The van der Waals surface area contributed by atoms with Gasteiger partial charge in [0.1, 0.15) is 24.4 Å². The predicted molar refractivity (Wildman–Crippen MR) is 244 cm³/mol. The molecule has 0 radical (unpaired) electrons. The molecule has 1 rings (SSSR count). The van der Waals surface area contributed by atoms with E-state index in [0.717, 1.165) is 38.5 Å². The lowest BCUT2D eigenvalue weighted by Crippen LogP contribution is -2.60. The lowest BCUT2D eigenvalue weighted by molar-refractivity contribution is -0.302. The van der Waals surface area contributed by atoms with Gasteiger partial charge in [0.15, 0.2) is 6.29 Å². The van der Waals surface area contributed by atoms with Crippen LogP contribution in [-0.2, 0) is 14.3 Å². The van der Waals surface area contributed by atoms with Crippen molar-refractivity contribution >= 4 is 5.91 Å². The molecule has 1 amide bonds. The molecule has 350 valence electrons. The average Bonchev–Trinajstić information content (AvgIpc) is 3.23. The molecule has 0 spiro atoms. The summed E-state index contributed by atoms with van der Waals surface area (Å²) in [6.45, 7) is 3.61. The zero-order valence-corrected chi connectivity index (χ0v) is 38.5. The van der Waals surface area contributed by atoms with Crippen LogP contribution in [0, 0.1) is 0 Å². The first-order valence-electron chi connectivity index (χ1n) is 25.4. The van der Waals surface area contributed by atoms with E-state index in [0.29, 0.717) is 6.42 Å². The Morgan fingerprint density at radius 2 is 0.932 bits per heavy atom. The summed E-state index contributed by atoms with van der Waals surface area (Å²) in [7, 11) is 0. The molecule has 7 atom stereocenters. The lowest BCUT2D eigenvalue weighted by Gasteiger charge is -2.40. The Labute approximate surface area is 363 Å². The SMILES string of the molecule is CCCCCCCCCCCCCCCCCCCCCCCCCCCCCCCCC/C=C/C(O)C(COC1OC(CO)C(O)C(O)C1O)NC(=O)CCCCC. The van der Waals surface area contributed by atoms with Crippen molar-refractivity contribution in [3.8, 4) is 0 Å². The van der Waals surface area contributed by atoms with Gasteiger partial charge in [-0.15, -0.1) is 0 Å². The Balaban J connectivity index is 1.98. The van der Waals surface area contributed by atoms with Gasteiger partial charge < -0.3 is 40.3 Å². The summed E-state index contributed by atoms with van der Waals surface area (Å²) in [5, 5.41) is 53.7. The topological polar surface area (TPSA) is 149 Å². The quantitative estimate of drug-likeness (QED) is 0.0263. The van der Waals surface area contributed by atoms with E-state index in [9.17, 15) is 30.3 Å². The Hall–Kier alpha value is -1.07. The van der Waals surface area contributed by atoms with Gasteiger partial charge in [0.2, 0.25) is 5.91 Å². The maximum absolute atomic E-state index is 12.6. The molecule has 6 N–H and O–H groups in total. The smallest absolute Gasteiger partial charge is 0.220 e. The normalized spacial score (nSPS) is 20.7. The molecule has 59 heavy (non-hydrogen) atoms. The Kier molecular flexibility index (Phi) is 38.9. The van der Waals surface area contributed by atoms with E-state index in [-0.39, 0.29) is 12.5 Å². The molecule has 0 aromatic heterocycles. The van der Waals surface area contributed by atoms with Crippen LogP contribution in [0.1, 0.15) is 245 Å².